The molecule has 3 aromatic carbocycles. The minimum Gasteiger partial charge on any atom is -0.399 e. The van der Waals surface area contributed by atoms with Gasteiger partial charge in [-0.3, -0.25) is 9.59 Å². The van der Waals surface area contributed by atoms with Gasteiger partial charge in [-0.25, -0.2) is 0 Å². The zero-order chi connectivity index (χ0) is 21.5. The zero-order valence-corrected chi connectivity index (χ0v) is 17.3. The van der Waals surface area contributed by atoms with Gasteiger partial charge in [0.1, 0.15) is 0 Å². The first kappa shape index (κ1) is 20.4. The van der Waals surface area contributed by atoms with E-state index in [-0.39, 0.29) is 6.54 Å². The molecule has 152 valence electrons. The molecule has 3 aromatic rings. The van der Waals surface area contributed by atoms with E-state index >= 15 is 0 Å². The van der Waals surface area contributed by atoms with E-state index in [1.54, 1.807) is 54.6 Å². The predicted molar refractivity (Wildman–Crippen MR) is 118 cm³/mol. The molecule has 0 radical (unpaired) electrons. The summed E-state index contributed by atoms with van der Waals surface area (Å²) in [5.74, 6) is -0.968. The highest BCUT2D eigenvalue weighted by molar-refractivity contribution is 6.31. The number of aliphatic hydroxyl groups is 1. The number of halogens is 2. The topological polar surface area (TPSA) is 83.6 Å². The van der Waals surface area contributed by atoms with Crippen LogP contribution >= 0.6 is 23.2 Å². The van der Waals surface area contributed by atoms with Crippen LogP contribution in [-0.4, -0.2) is 16.8 Å². The van der Waals surface area contributed by atoms with E-state index in [1.165, 1.54) is 17.0 Å². The van der Waals surface area contributed by atoms with E-state index in [0.29, 0.717) is 32.5 Å². The molecular formula is C23H18Cl2N2O3. The van der Waals surface area contributed by atoms with Crippen LogP contribution in [0.1, 0.15) is 27.9 Å². The lowest BCUT2D eigenvalue weighted by molar-refractivity contribution is -0.136. The number of nitrogens with two attached hydrogens (primary N) is 1. The van der Waals surface area contributed by atoms with Crippen molar-refractivity contribution in [3.8, 4) is 0 Å². The Bertz CT molecular complexity index is 1150. The molecule has 0 fully saturated rings. The van der Waals surface area contributed by atoms with Crippen LogP contribution in [0.25, 0.3) is 0 Å². The Labute approximate surface area is 183 Å². The summed E-state index contributed by atoms with van der Waals surface area (Å²) >= 11 is 12.1. The van der Waals surface area contributed by atoms with E-state index < -0.39 is 23.7 Å². The minimum absolute atomic E-state index is 0.222. The molecule has 4 rings (SSSR count). The normalized spacial score (nSPS) is 17.8. The van der Waals surface area contributed by atoms with Crippen LogP contribution in [0, 0.1) is 0 Å². The predicted octanol–water partition coefficient (Wildman–Crippen LogP) is 4.58. The fraction of sp³-hybridized carbons (Fsp3) is 0.130. The number of nitrogen functional groups attached to an aromatic ring is 1. The van der Waals surface area contributed by atoms with Gasteiger partial charge in [-0.1, -0.05) is 47.5 Å². The van der Waals surface area contributed by atoms with Crippen molar-refractivity contribution in [1.29, 1.82) is 0 Å². The summed E-state index contributed by atoms with van der Waals surface area (Å²) in [4.78, 5) is 27.7. The lowest BCUT2D eigenvalue weighted by atomic mass is 9.88. The highest BCUT2D eigenvalue weighted by atomic mass is 35.5. The fourth-order valence-corrected chi connectivity index (χ4v) is 3.97. The van der Waals surface area contributed by atoms with Crippen molar-refractivity contribution in [2.45, 2.75) is 18.6 Å². The number of rotatable bonds is 5. The fourth-order valence-electron chi connectivity index (χ4n) is 3.67. The first-order valence-electron chi connectivity index (χ1n) is 9.25. The Balaban J connectivity index is 1.71. The van der Waals surface area contributed by atoms with Gasteiger partial charge in [0, 0.05) is 26.9 Å². The Morgan fingerprint density at radius 1 is 1.00 bits per heavy atom. The van der Waals surface area contributed by atoms with E-state index in [1.807, 2.05) is 0 Å². The summed E-state index contributed by atoms with van der Waals surface area (Å²) in [5.41, 5.74) is 6.16. The SMILES string of the molecule is Nc1cccc(C(=O)CC2(O)C(=O)N(Cc3ccc(Cl)cc3)c3ccc(Cl)cc32)c1. The largest absolute Gasteiger partial charge is 0.399 e. The standard InChI is InChI=1S/C23H18Cl2N2O3/c24-16-6-4-14(5-7-16)13-27-20-9-8-17(25)11-19(20)23(30,22(27)29)12-21(28)15-2-1-3-18(26)10-15/h1-11,30H,12-13,26H2. The van der Waals surface area contributed by atoms with Gasteiger partial charge in [0.05, 0.1) is 18.7 Å². The molecule has 1 aliphatic rings. The molecular weight excluding hydrogens is 423 g/mol. The smallest absolute Gasteiger partial charge is 0.264 e. The third kappa shape index (κ3) is 3.67. The Morgan fingerprint density at radius 3 is 2.40 bits per heavy atom. The quantitative estimate of drug-likeness (QED) is 0.449. The molecule has 1 aliphatic heterocycles. The molecule has 0 aliphatic carbocycles. The van der Waals surface area contributed by atoms with Crippen LogP contribution in [0.15, 0.2) is 66.7 Å². The summed E-state index contributed by atoms with van der Waals surface area (Å²) < 4.78 is 0. The third-order valence-corrected chi connectivity index (χ3v) is 5.66. The zero-order valence-electron chi connectivity index (χ0n) is 15.8. The monoisotopic (exact) mass is 440 g/mol. The van der Waals surface area contributed by atoms with Crippen molar-refractivity contribution in [2.75, 3.05) is 10.6 Å². The molecule has 1 unspecified atom stereocenters. The number of carbonyl (C=O) groups is 2. The van der Waals surface area contributed by atoms with E-state index in [4.69, 9.17) is 28.9 Å². The lowest BCUT2D eigenvalue weighted by Crippen LogP contribution is -2.41. The second-order valence-corrected chi connectivity index (χ2v) is 8.14. The van der Waals surface area contributed by atoms with Gasteiger partial charge in [0.25, 0.3) is 5.91 Å². The summed E-state index contributed by atoms with van der Waals surface area (Å²) in [5, 5.41) is 12.4. The number of carbonyl (C=O) groups excluding carboxylic acids is 2. The number of anilines is 2. The van der Waals surface area contributed by atoms with Gasteiger partial charge in [-0.2, -0.15) is 0 Å². The van der Waals surface area contributed by atoms with Gasteiger partial charge in [-0.05, 0) is 48.0 Å². The lowest BCUT2D eigenvalue weighted by Gasteiger charge is -2.23. The maximum atomic E-state index is 13.3. The van der Waals surface area contributed by atoms with Gasteiger partial charge in [-0.15, -0.1) is 0 Å². The Morgan fingerprint density at radius 2 is 1.70 bits per heavy atom. The van der Waals surface area contributed by atoms with E-state index in [9.17, 15) is 14.7 Å². The van der Waals surface area contributed by atoms with Gasteiger partial charge >= 0.3 is 0 Å². The maximum Gasteiger partial charge on any atom is 0.264 e. The number of hydrogen-bond donors (Lipinski definition) is 2. The molecule has 0 spiro atoms. The van der Waals surface area contributed by atoms with Crippen molar-refractivity contribution in [1.82, 2.24) is 0 Å². The summed E-state index contributed by atoms with van der Waals surface area (Å²) in [7, 11) is 0. The molecule has 0 bridgehead atoms. The van der Waals surface area contributed by atoms with Crippen LogP contribution < -0.4 is 10.6 Å². The van der Waals surface area contributed by atoms with Crippen molar-refractivity contribution in [2.24, 2.45) is 0 Å². The first-order chi connectivity index (χ1) is 14.3. The Hall–Kier alpha value is -2.86. The first-order valence-corrected chi connectivity index (χ1v) is 10.0. The summed E-state index contributed by atoms with van der Waals surface area (Å²) in [6.07, 6.45) is -0.417. The minimum atomic E-state index is -2.02. The molecule has 3 N–H and O–H groups in total. The van der Waals surface area contributed by atoms with Gasteiger partial charge in [0.15, 0.2) is 11.4 Å². The van der Waals surface area contributed by atoms with E-state index in [0.717, 1.165) is 5.56 Å². The molecule has 0 saturated heterocycles. The number of ketones is 1. The second-order valence-electron chi connectivity index (χ2n) is 7.26. The highest BCUT2D eigenvalue weighted by Gasteiger charge is 2.51. The van der Waals surface area contributed by atoms with Crippen molar-refractivity contribution in [3.63, 3.8) is 0 Å². The van der Waals surface area contributed by atoms with Crippen LogP contribution in [0.3, 0.4) is 0 Å². The molecule has 1 amide bonds. The maximum absolute atomic E-state index is 13.3. The van der Waals surface area contributed by atoms with Crippen LogP contribution in [0.5, 0.6) is 0 Å². The molecule has 0 aromatic heterocycles. The van der Waals surface area contributed by atoms with Crippen LogP contribution in [0.2, 0.25) is 10.0 Å². The summed E-state index contributed by atoms with van der Waals surface area (Å²) in [6, 6.07) is 18.4. The number of benzene rings is 3. The molecule has 5 nitrogen and oxygen atoms in total. The average molecular weight is 441 g/mol. The number of Topliss-reactive ketones (excluding diaryl/α,β-unsaturated/α-hetero) is 1. The van der Waals surface area contributed by atoms with Gasteiger partial charge < -0.3 is 15.7 Å². The number of hydrogen-bond acceptors (Lipinski definition) is 4. The molecule has 7 heteroatoms. The van der Waals surface area contributed by atoms with Crippen molar-refractivity contribution < 1.29 is 14.7 Å². The van der Waals surface area contributed by atoms with Gasteiger partial charge in [0.2, 0.25) is 0 Å². The number of amides is 1. The number of fused-ring (bicyclic) bond motifs is 1. The average Bonchev–Trinajstić information content (AvgIpc) is 2.91. The second kappa shape index (κ2) is 7.76. The molecule has 0 saturated carbocycles. The van der Waals surface area contributed by atoms with Crippen LogP contribution in [0.4, 0.5) is 11.4 Å². The highest BCUT2D eigenvalue weighted by Crippen LogP contribution is 2.44. The van der Waals surface area contributed by atoms with Crippen molar-refractivity contribution in [3.05, 3.63) is 93.5 Å². The number of nitrogens with zero attached hydrogens (tertiary/aromatic N) is 1. The van der Waals surface area contributed by atoms with Crippen molar-refractivity contribution >= 4 is 46.3 Å². The van der Waals surface area contributed by atoms with Crippen LogP contribution in [-0.2, 0) is 16.9 Å². The molecule has 30 heavy (non-hydrogen) atoms. The Kier molecular flexibility index (Phi) is 5.28. The summed E-state index contributed by atoms with van der Waals surface area (Å²) in [6.45, 7) is 0.222. The molecule has 1 heterocycles. The van der Waals surface area contributed by atoms with E-state index in [2.05, 4.69) is 0 Å². The molecule has 1 atom stereocenters. The third-order valence-electron chi connectivity index (χ3n) is 5.17.